The molecule has 90 valence electrons. The third-order valence-electron chi connectivity index (χ3n) is 2.69. The molecular formula is C11H17BrN2O2. The second-order valence-corrected chi connectivity index (χ2v) is 4.93. The molecule has 1 aromatic heterocycles. The standard InChI is InChI=1S/C11H17BrN2O2/c1-4-11(3,5-6-12)13-10(15)9-7-8(2)14-16-9/h7H,4-6H2,1-3H3,(H,13,15). The van der Waals surface area contributed by atoms with E-state index in [0.717, 1.165) is 18.2 Å². The maximum Gasteiger partial charge on any atom is 0.290 e. The fourth-order valence-electron chi connectivity index (χ4n) is 1.34. The summed E-state index contributed by atoms with van der Waals surface area (Å²) in [5.74, 6) is 0.0673. The van der Waals surface area contributed by atoms with Crippen molar-refractivity contribution in [1.82, 2.24) is 10.5 Å². The lowest BCUT2D eigenvalue weighted by molar-refractivity contribution is 0.0864. The average Bonchev–Trinajstić information content (AvgIpc) is 2.65. The monoisotopic (exact) mass is 288 g/mol. The first-order valence-electron chi connectivity index (χ1n) is 5.32. The lowest BCUT2D eigenvalue weighted by atomic mass is 9.95. The zero-order chi connectivity index (χ0) is 12.2. The normalized spacial score (nSPS) is 14.5. The number of halogens is 1. The highest BCUT2D eigenvalue weighted by atomic mass is 79.9. The van der Waals surface area contributed by atoms with Gasteiger partial charge in [0, 0.05) is 16.9 Å². The van der Waals surface area contributed by atoms with Gasteiger partial charge < -0.3 is 9.84 Å². The van der Waals surface area contributed by atoms with Crippen molar-refractivity contribution < 1.29 is 9.32 Å². The van der Waals surface area contributed by atoms with Crippen LogP contribution in [0.15, 0.2) is 10.6 Å². The Hall–Kier alpha value is -0.840. The van der Waals surface area contributed by atoms with E-state index in [0.29, 0.717) is 5.69 Å². The molecule has 0 bridgehead atoms. The van der Waals surface area contributed by atoms with Gasteiger partial charge in [0.25, 0.3) is 5.91 Å². The first kappa shape index (κ1) is 13.2. The van der Waals surface area contributed by atoms with Crippen LogP contribution in [0.2, 0.25) is 0 Å². The molecule has 5 heteroatoms. The molecule has 1 rings (SSSR count). The van der Waals surface area contributed by atoms with Crippen LogP contribution in [-0.2, 0) is 0 Å². The van der Waals surface area contributed by atoms with Gasteiger partial charge in [-0.15, -0.1) is 0 Å². The summed E-state index contributed by atoms with van der Waals surface area (Å²) < 4.78 is 4.92. The minimum Gasteiger partial charge on any atom is -0.351 e. The molecule has 0 aliphatic rings. The van der Waals surface area contributed by atoms with Crippen molar-refractivity contribution in [2.75, 3.05) is 5.33 Å². The van der Waals surface area contributed by atoms with Crippen LogP contribution in [0.1, 0.15) is 42.9 Å². The lowest BCUT2D eigenvalue weighted by Gasteiger charge is -2.28. The van der Waals surface area contributed by atoms with Crippen LogP contribution < -0.4 is 5.32 Å². The number of carbonyl (C=O) groups is 1. The number of hydrogen-bond acceptors (Lipinski definition) is 3. The maximum absolute atomic E-state index is 11.8. The van der Waals surface area contributed by atoms with E-state index in [4.69, 9.17) is 4.52 Å². The van der Waals surface area contributed by atoms with Crippen LogP contribution in [0.5, 0.6) is 0 Å². The van der Waals surface area contributed by atoms with E-state index < -0.39 is 0 Å². The van der Waals surface area contributed by atoms with Gasteiger partial charge in [0.2, 0.25) is 5.76 Å². The van der Waals surface area contributed by atoms with Gasteiger partial charge in [-0.2, -0.15) is 0 Å². The number of aromatic nitrogens is 1. The number of nitrogens with zero attached hydrogens (tertiary/aromatic N) is 1. The molecule has 1 N–H and O–H groups in total. The fourth-order valence-corrected chi connectivity index (χ4v) is 2.22. The molecule has 0 saturated carbocycles. The summed E-state index contributed by atoms with van der Waals surface area (Å²) in [5.41, 5.74) is 0.505. The molecular weight excluding hydrogens is 272 g/mol. The Labute approximate surface area is 104 Å². The van der Waals surface area contributed by atoms with Crippen molar-refractivity contribution in [2.24, 2.45) is 0 Å². The van der Waals surface area contributed by atoms with E-state index >= 15 is 0 Å². The van der Waals surface area contributed by atoms with Gasteiger partial charge in [-0.1, -0.05) is 28.0 Å². The third kappa shape index (κ3) is 3.33. The van der Waals surface area contributed by atoms with Crippen LogP contribution in [0.3, 0.4) is 0 Å². The minimum absolute atomic E-state index is 0.203. The Morgan fingerprint density at radius 2 is 2.38 bits per heavy atom. The van der Waals surface area contributed by atoms with Crippen LogP contribution in [-0.4, -0.2) is 21.9 Å². The summed E-state index contributed by atoms with van der Waals surface area (Å²) >= 11 is 3.39. The fraction of sp³-hybridized carbons (Fsp3) is 0.636. The molecule has 1 unspecified atom stereocenters. The Balaban J connectivity index is 2.69. The predicted molar refractivity (Wildman–Crippen MR) is 65.8 cm³/mol. The van der Waals surface area contributed by atoms with Crippen LogP contribution >= 0.6 is 15.9 Å². The van der Waals surface area contributed by atoms with Crippen molar-refractivity contribution in [3.05, 3.63) is 17.5 Å². The maximum atomic E-state index is 11.8. The van der Waals surface area contributed by atoms with Gasteiger partial charge in [0.05, 0.1) is 5.69 Å². The van der Waals surface area contributed by atoms with E-state index in [1.54, 1.807) is 13.0 Å². The van der Waals surface area contributed by atoms with Gasteiger partial charge >= 0.3 is 0 Å². The second kappa shape index (κ2) is 5.48. The average molecular weight is 289 g/mol. The number of nitrogens with one attached hydrogen (secondary N) is 1. The van der Waals surface area contributed by atoms with Crippen molar-refractivity contribution in [1.29, 1.82) is 0 Å². The summed E-state index contributed by atoms with van der Waals surface area (Å²) in [7, 11) is 0. The molecule has 1 amide bonds. The van der Waals surface area contributed by atoms with Crippen LogP contribution in [0, 0.1) is 6.92 Å². The van der Waals surface area contributed by atoms with Gasteiger partial charge in [-0.05, 0) is 26.7 Å². The highest BCUT2D eigenvalue weighted by molar-refractivity contribution is 9.09. The Morgan fingerprint density at radius 3 is 2.81 bits per heavy atom. The van der Waals surface area contributed by atoms with Crippen LogP contribution in [0.25, 0.3) is 0 Å². The third-order valence-corrected chi connectivity index (χ3v) is 3.09. The molecule has 0 fully saturated rings. The van der Waals surface area contributed by atoms with Crippen molar-refractivity contribution in [3.63, 3.8) is 0 Å². The van der Waals surface area contributed by atoms with Gasteiger partial charge in [-0.3, -0.25) is 4.79 Å². The summed E-state index contributed by atoms with van der Waals surface area (Å²) in [4.78, 5) is 11.8. The van der Waals surface area contributed by atoms with Gasteiger partial charge in [-0.25, -0.2) is 0 Å². The van der Waals surface area contributed by atoms with Crippen molar-refractivity contribution in [2.45, 2.75) is 39.2 Å². The Morgan fingerprint density at radius 1 is 1.69 bits per heavy atom. The molecule has 0 aliphatic heterocycles. The van der Waals surface area contributed by atoms with Gasteiger partial charge in [0.1, 0.15) is 0 Å². The number of rotatable bonds is 5. The van der Waals surface area contributed by atoms with E-state index in [1.165, 1.54) is 0 Å². The number of amides is 1. The number of alkyl halides is 1. The summed E-state index contributed by atoms with van der Waals surface area (Å²) in [5, 5.41) is 7.52. The SMILES string of the molecule is CCC(C)(CCBr)NC(=O)c1cc(C)no1. The quantitative estimate of drug-likeness (QED) is 0.848. The molecule has 0 saturated heterocycles. The molecule has 4 nitrogen and oxygen atoms in total. The molecule has 0 radical (unpaired) electrons. The highest BCUT2D eigenvalue weighted by Crippen LogP contribution is 2.17. The predicted octanol–water partition coefficient (Wildman–Crippen LogP) is 2.67. The summed E-state index contributed by atoms with van der Waals surface area (Å²) in [6.07, 6.45) is 1.75. The number of carbonyl (C=O) groups excluding carboxylic acids is 1. The van der Waals surface area contributed by atoms with Crippen molar-refractivity contribution in [3.8, 4) is 0 Å². The Kier molecular flexibility index (Phi) is 4.53. The smallest absolute Gasteiger partial charge is 0.290 e. The molecule has 1 aromatic rings. The van der Waals surface area contributed by atoms with E-state index in [-0.39, 0.29) is 17.2 Å². The highest BCUT2D eigenvalue weighted by Gasteiger charge is 2.25. The minimum atomic E-state index is -0.207. The number of hydrogen-bond donors (Lipinski definition) is 1. The first-order chi connectivity index (χ1) is 7.50. The number of aryl methyl sites for hydroxylation is 1. The van der Waals surface area contributed by atoms with Gasteiger partial charge in [0.15, 0.2) is 0 Å². The topological polar surface area (TPSA) is 55.1 Å². The zero-order valence-corrected chi connectivity index (χ0v) is 11.4. The van der Waals surface area contributed by atoms with E-state index in [1.807, 2.05) is 6.92 Å². The molecule has 1 atom stereocenters. The summed E-state index contributed by atoms with van der Waals surface area (Å²) in [6, 6.07) is 1.64. The van der Waals surface area contributed by atoms with E-state index in [9.17, 15) is 4.79 Å². The first-order valence-corrected chi connectivity index (χ1v) is 6.44. The largest absolute Gasteiger partial charge is 0.351 e. The Bertz CT molecular complexity index is 365. The summed E-state index contributed by atoms with van der Waals surface area (Å²) in [6.45, 7) is 5.86. The van der Waals surface area contributed by atoms with Crippen molar-refractivity contribution >= 4 is 21.8 Å². The molecule has 16 heavy (non-hydrogen) atoms. The lowest BCUT2D eigenvalue weighted by Crippen LogP contribution is -2.45. The zero-order valence-electron chi connectivity index (χ0n) is 9.84. The molecule has 0 aromatic carbocycles. The second-order valence-electron chi connectivity index (χ2n) is 4.14. The van der Waals surface area contributed by atoms with Crippen LogP contribution in [0.4, 0.5) is 0 Å². The molecule has 0 spiro atoms. The molecule has 0 aliphatic carbocycles. The molecule has 1 heterocycles. The van der Waals surface area contributed by atoms with E-state index in [2.05, 4.69) is 33.3 Å².